The minimum atomic E-state index is -1.76. The highest BCUT2D eigenvalue weighted by atomic mass is 16.7. The van der Waals surface area contributed by atoms with Crippen molar-refractivity contribution in [1.29, 1.82) is 0 Å². The van der Waals surface area contributed by atoms with Crippen molar-refractivity contribution in [2.24, 2.45) is 0 Å². The Morgan fingerprint density at radius 2 is 0.891 bits per heavy atom. The lowest BCUT2D eigenvalue weighted by Gasteiger charge is -2.42. The van der Waals surface area contributed by atoms with Crippen LogP contribution in [0.2, 0.25) is 0 Å². The first-order chi connectivity index (χ1) is 31.0. The van der Waals surface area contributed by atoms with E-state index in [1.54, 1.807) is 0 Å². The first kappa shape index (κ1) is 58.4. The molecule has 11 atom stereocenters. The van der Waals surface area contributed by atoms with E-state index >= 15 is 0 Å². The molecule has 376 valence electrons. The number of hydrogen-bond donors (Lipinski definition) is 7. The third-order valence-electron chi connectivity index (χ3n) is 12.2. The lowest BCUT2D eigenvalue weighted by atomic mass is 9.98. The van der Waals surface area contributed by atoms with Gasteiger partial charge in [-0.25, -0.2) is 0 Å². The predicted molar refractivity (Wildman–Crippen MR) is 243 cm³/mol. The van der Waals surface area contributed by atoms with Crippen molar-refractivity contribution in [3.05, 3.63) is 12.2 Å². The van der Waals surface area contributed by atoms with Crippen LogP contribution in [-0.4, -0.2) is 142 Å². The molecule has 2 rings (SSSR count). The van der Waals surface area contributed by atoms with Gasteiger partial charge in [-0.1, -0.05) is 154 Å². The average molecular weight is 919 g/mol. The number of unbranched alkanes of at least 4 members (excludes halogenated alkanes) is 23. The molecule has 0 aromatic rings. The lowest BCUT2D eigenvalue weighted by molar-refractivity contribution is -0.332. The number of ether oxygens (including phenoxy) is 6. The van der Waals surface area contributed by atoms with Crippen molar-refractivity contribution < 1.29 is 73.8 Å². The maximum absolute atomic E-state index is 12.9. The molecule has 0 aromatic carbocycles. The Hall–Kier alpha value is -1.76. The minimum absolute atomic E-state index is 0.170. The van der Waals surface area contributed by atoms with E-state index in [1.165, 1.54) is 116 Å². The Morgan fingerprint density at radius 1 is 0.484 bits per heavy atom. The van der Waals surface area contributed by atoms with Gasteiger partial charge >= 0.3 is 11.9 Å². The Morgan fingerprint density at radius 3 is 1.39 bits per heavy atom. The summed E-state index contributed by atoms with van der Waals surface area (Å²) in [5.41, 5.74) is 0. The molecule has 7 N–H and O–H groups in total. The predicted octanol–water partition coefficient (Wildman–Crippen LogP) is 6.60. The van der Waals surface area contributed by atoms with Gasteiger partial charge in [-0.2, -0.15) is 0 Å². The molecule has 0 amide bonds. The van der Waals surface area contributed by atoms with Crippen molar-refractivity contribution in [3.63, 3.8) is 0 Å². The zero-order chi connectivity index (χ0) is 46.8. The molecule has 0 spiro atoms. The van der Waals surface area contributed by atoms with E-state index in [1.807, 2.05) is 0 Å². The third-order valence-corrected chi connectivity index (χ3v) is 12.2. The molecule has 15 nitrogen and oxygen atoms in total. The van der Waals surface area contributed by atoms with Gasteiger partial charge in [-0.3, -0.25) is 9.59 Å². The number of carbonyl (C=O) groups is 2. The smallest absolute Gasteiger partial charge is 0.306 e. The number of allylic oxidation sites excluding steroid dienone is 2. The number of aliphatic hydroxyl groups is 7. The summed E-state index contributed by atoms with van der Waals surface area (Å²) in [5.74, 6) is -0.920. The van der Waals surface area contributed by atoms with Gasteiger partial charge in [0.2, 0.25) is 0 Å². The Bertz CT molecular complexity index is 1170. The summed E-state index contributed by atoms with van der Waals surface area (Å²) in [4.78, 5) is 25.7. The molecule has 2 heterocycles. The van der Waals surface area contributed by atoms with Crippen molar-refractivity contribution in [2.75, 3.05) is 26.4 Å². The Balaban J connectivity index is 1.80. The van der Waals surface area contributed by atoms with Gasteiger partial charge in [-0.05, 0) is 38.5 Å². The largest absolute Gasteiger partial charge is 0.462 e. The number of rotatable bonds is 39. The second kappa shape index (κ2) is 37.2. The fourth-order valence-corrected chi connectivity index (χ4v) is 8.04. The van der Waals surface area contributed by atoms with Gasteiger partial charge in [0.1, 0.15) is 55.4 Å². The summed E-state index contributed by atoms with van der Waals surface area (Å²) in [6, 6.07) is 0. The molecule has 0 aliphatic carbocycles. The molecular formula is C49H90O15. The molecule has 0 radical (unpaired) electrons. The molecule has 2 saturated heterocycles. The molecular weight excluding hydrogens is 829 g/mol. The highest BCUT2D eigenvalue weighted by molar-refractivity contribution is 5.70. The fraction of sp³-hybridized carbons (Fsp3) is 0.918. The molecule has 0 aromatic heterocycles. The van der Waals surface area contributed by atoms with Crippen LogP contribution in [0.5, 0.6) is 0 Å². The molecule has 0 saturated carbocycles. The number of esters is 2. The summed E-state index contributed by atoms with van der Waals surface area (Å²) in [5, 5.41) is 72.0. The molecule has 2 aliphatic rings. The van der Waals surface area contributed by atoms with Crippen LogP contribution in [0.15, 0.2) is 12.2 Å². The van der Waals surface area contributed by atoms with Crippen LogP contribution in [-0.2, 0) is 38.0 Å². The van der Waals surface area contributed by atoms with Crippen LogP contribution >= 0.6 is 0 Å². The first-order valence-electron chi connectivity index (χ1n) is 25.3. The topological polar surface area (TPSA) is 231 Å². The zero-order valence-electron chi connectivity index (χ0n) is 39.5. The average Bonchev–Trinajstić information content (AvgIpc) is 3.29. The van der Waals surface area contributed by atoms with Crippen LogP contribution in [0.25, 0.3) is 0 Å². The first-order valence-corrected chi connectivity index (χ1v) is 25.3. The third kappa shape index (κ3) is 25.4. The van der Waals surface area contributed by atoms with Gasteiger partial charge < -0.3 is 64.2 Å². The van der Waals surface area contributed by atoms with Crippen molar-refractivity contribution >= 4 is 11.9 Å². The van der Waals surface area contributed by atoms with E-state index in [4.69, 9.17) is 28.4 Å². The van der Waals surface area contributed by atoms with E-state index in [2.05, 4.69) is 26.0 Å². The number of hydrogen-bond acceptors (Lipinski definition) is 15. The van der Waals surface area contributed by atoms with Crippen molar-refractivity contribution in [3.8, 4) is 0 Å². The fourth-order valence-electron chi connectivity index (χ4n) is 8.04. The molecule has 64 heavy (non-hydrogen) atoms. The minimum Gasteiger partial charge on any atom is -0.462 e. The Kier molecular flexibility index (Phi) is 34.0. The summed E-state index contributed by atoms with van der Waals surface area (Å²) in [7, 11) is 0. The van der Waals surface area contributed by atoms with Gasteiger partial charge in [0, 0.05) is 12.8 Å². The van der Waals surface area contributed by atoms with Crippen molar-refractivity contribution in [2.45, 2.75) is 261 Å². The zero-order valence-corrected chi connectivity index (χ0v) is 39.5. The van der Waals surface area contributed by atoms with Crippen LogP contribution in [0.3, 0.4) is 0 Å². The lowest BCUT2D eigenvalue weighted by Crippen LogP contribution is -2.61. The standard InChI is InChI=1S/C49H90O15/c1-3-5-7-9-11-13-15-16-17-18-19-20-22-23-25-27-29-31-40(51)59-34-37(62-41(52)32-30-28-26-24-21-14-12-10-8-6-4-2)35-60-48-47(58)45(56)43(54)39(64-48)36-61-49-46(57)44(55)42(53)38(33-50)63-49/h13,15,37-39,42-50,53-58H,3-12,14,16-36H2,1-2H3/b15-13+/t37-,38+,39+,42-,43-,44?,45?,46?,47?,48+,49+/m0/s1. The van der Waals surface area contributed by atoms with Crippen LogP contribution < -0.4 is 0 Å². The number of carbonyl (C=O) groups excluding carboxylic acids is 2. The van der Waals surface area contributed by atoms with Crippen molar-refractivity contribution in [1.82, 2.24) is 0 Å². The second-order valence-corrected chi connectivity index (χ2v) is 18.0. The second-order valence-electron chi connectivity index (χ2n) is 18.0. The van der Waals surface area contributed by atoms with Crippen LogP contribution in [0.1, 0.15) is 194 Å². The van der Waals surface area contributed by atoms with Gasteiger partial charge in [0.25, 0.3) is 0 Å². The highest BCUT2D eigenvalue weighted by Crippen LogP contribution is 2.26. The van der Waals surface area contributed by atoms with E-state index in [0.29, 0.717) is 12.8 Å². The van der Waals surface area contributed by atoms with Gasteiger partial charge in [0.15, 0.2) is 18.7 Å². The molecule has 4 unspecified atom stereocenters. The summed E-state index contributed by atoms with van der Waals surface area (Å²) in [6.45, 7) is 2.58. The van der Waals surface area contributed by atoms with Crippen LogP contribution in [0, 0.1) is 0 Å². The molecule has 2 aliphatic heterocycles. The van der Waals surface area contributed by atoms with E-state index in [0.717, 1.165) is 38.5 Å². The van der Waals surface area contributed by atoms with Gasteiger partial charge in [-0.15, -0.1) is 0 Å². The molecule has 0 bridgehead atoms. The Labute approximate surface area is 384 Å². The molecule has 2 fully saturated rings. The normalized spacial score (nSPS) is 26.6. The van der Waals surface area contributed by atoms with Crippen LogP contribution in [0.4, 0.5) is 0 Å². The molecule has 15 heteroatoms. The summed E-state index contributed by atoms with van der Waals surface area (Å²) in [6.07, 6.45) is 18.2. The quantitative estimate of drug-likeness (QED) is 0.0196. The maximum Gasteiger partial charge on any atom is 0.306 e. The number of aliphatic hydroxyl groups excluding tert-OH is 7. The van der Waals surface area contributed by atoms with E-state index in [9.17, 15) is 45.3 Å². The monoisotopic (exact) mass is 919 g/mol. The SMILES string of the molecule is CCCCCC/C=C/CCCCCCCCCCCC(=O)OC[C@@H](CO[C@@H]1O[C@H](CO[C@@H]2O[C@H](CO)[C@H](O)C(O)C2O)[C@H](O)C(O)C1O)OC(=O)CCCCCCCCCCCCC. The highest BCUT2D eigenvalue weighted by Gasteiger charge is 2.47. The van der Waals surface area contributed by atoms with E-state index in [-0.39, 0.29) is 26.1 Å². The van der Waals surface area contributed by atoms with Gasteiger partial charge in [0.05, 0.1) is 19.8 Å². The maximum atomic E-state index is 12.9. The summed E-state index contributed by atoms with van der Waals surface area (Å²) < 4.78 is 33.5. The summed E-state index contributed by atoms with van der Waals surface area (Å²) >= 11 is 0. The van der Waals surface area contributed by atoms with E-state index < -0.39 is 92.7 Å².